The van der Waals surface area contributed by atoms with Crippen molar-refractivity contribution in [2.45, 2.75) is 36.0 Å². The Morgan fingerprint density at radius 2 is 1.72 bits per heavy atom. The molecule has 5 rings (SSSR count). The van der Waals surface area contributed by atoms with E-state index in [2.05, 4.69) is 10.2 Å². The summed E-state index contributed by atoms with van der Waals surface area (Å²) in [6, 6.07) is 9.86. The number of amides is 3. The van der Waals surface area contributed by atoms with E-state index in [0.29, 0.717) is 25.3 Å². The van der Waals surface area contributed by atoms with E-state index in [4.69, 9.17) is 4.74 Å². The number of nitrogens with zero attached hydrogens (tertiary/aromatic N) is 2. The quantitative estimate of drug-likeness (QED) is 0.123. The number of nitrogens with one attached hydrogen (secondary N) is 2. The van der Waals surface area contributed by atoms with Crippen molar-refractivity contribution in [1.82, 2.24) is 15.1 Å². The molecular formula is C25H30B2N4O8. The van der Waals surface area contributed by atoms with Gasteiger partial charge in [-0.15, -0.1) is 0 Å². The lowest BCUT2D eigenvalue weighted by Crippen LogP contribution is -2.79. The normalized spacial score (nSPS) is 27.8. The number of fused-ring (bicyclic) bond motifs is 1. The smallest absolute Gasteiger partial charge is 0.272 e. The monoisotopic (exact) mass is 536 g/mol. The van der Waals surface area contributed by atoms with Gasteiger partial charge >= 0.3 is 0 Å². The van der Waals surface area contributed by atoms with Crippen LogP contribution in [0.1, 0.15) is 27.0 Å². The highest BCUT2D eigenvalue weighted by Gasteiger charge is 2.61. The van der Waals surface area contributed by atoms with Gasteiger partial charge < -0.3 is 35.4 Å². The van der Waals surface area contributed by atoms with E-state index in [1.807, 2.05) is 17.4 Å². The fourth-order valence-corrected chi connectivity index (χ4v) is 5.30. The van der Waals surface area contributed by atoms with Crippen molar-refractivity contribution in [3.8, 4) is 0 Å². The van der Waals surface area contributed by atoms with Crippen molar-refractivity contribution in [2.75, 3.05) is 31.6 Å². The van der Waals surface area contributed by atoms with Gasteiger partial charge in [0.1, 0.15) is 19.4 Å². The van der Waals surface area contributed by atoms with E-state index in [-0.39, 0.29) is 23.4 Å². The maximum absolute atomic E-state index is 13.3. The van der Waals surface area contributed by atoms with Crippen molar-refractivity contribution in [2.24, 2.45) is 0 Å². The fourth-order valence-electron chi connectivity index (χ4n) is 5.30. The maximum atomic E-state index is 13.3. The molecule has 12 nitrogen and oxygen atoms in total. The summed E-state index contributed by atoms with van der Waals surface area (Å²) in [5, 5.41) is 48.2. The first-order valence-electron chi connectivity index (χ1n) is 12.7. The highest BCUT2D eigenvalue weighted by atomic mass is 16.5. The van der Waals surface area contributed by atoms with Gasteiger partial charge in [0.2, 0.25) is 0 Å². The molecule has 3 unspecified atom stereocenters. The van der Waals surface area contributed by atoms with E-state index in [1.54, 1.807) is 24.3 Å². The predicted octanol–water partition coefficient (Wildman–Crippen LogP) is -3.65. The topological polar surface area (TPSA) is 172 Å². The van der Waals surface area contributed by atoms with Crippen molar-refractivity contribution >= 4 is 39.1 Å². The molecule has 0 saturated carbocycles. The van der Waals surface area contributed by atoms with Crippen LogP contribution in [0.3, 0.4) is 0 Å². The predicted molar refractivity (Wildman–Crippen MR) is 143 cm³/mol. The molecule has 0 bridgehead atoms. The lowest BCUT2D eigenvalue weighted by atomic mass is 9.53. The second kappa shape index (κ2) is 9.73. The van der Waals surface area contributed by atoms with Crippen LogP contribution in [0, 0.1) is 0 Å². The first-order chi connectivity index (χ1) is 18.3. The Hall–Kier alpha value is -3.26. The van der Waals surface area contributed by atoms with Gasteiger partial charge in [0.15, 0.2) is 7.85 Å². The van der Waals surface area contributed by atoms with Gasteiger partial charge in [-0.2, -0.15) is 0 Å². The first kappa shape index (κ1) is 27.3. The number of rotatable bonds is 6. The molecular weight excluding hydrogens is 506 g/mol. The second-order valence-electron chi connectivity index (χ2n) is 10.6. The lowest BCUT2D eigenvalue weighted by Gasteiger charge is -2.48. The third kappa shape index (κ3) is 4.73. The number of imide groups is 1. The second-order valence-corrected chi connectivity index (χ2v) is 10.6. The Morgan fingerprint density at radius 3 is 2.38 bits per heavy atom. The summed E-state index contributed by atoms with van der Waals surface area (Å²) in [4.78, 5) is 41.5. The van der Waals surface area contributed by atoms with E-state index in [9.17, 15) is 34.8 Å². The molecule has 2 aromatic carbocycles. The van der Waals surface area contributed by atoms with Crippen LogP contribution in [0.25, 0.3) is 0 Å². The van der Waals surface area contributed by atoms with Crippen LogP contribution >= 0.6 is 0 Å². The van der Waals surface area contributed by atoms with Gasteiger partial charge in [-0.1, -0.05) is 30.3 Å². The van der Waals surface area contributed by atoms with Gasteiger partial charge in [0.05, 0.1) is 18.7 Å². The van der Waals surface area contributed by atoms with Crippen molar-refractivity contribution < 1.29 is 39.5 Å². The van der Waals surface area contributed by atoms with Crippen LogP contribution in [0.2, 0.25) is 0 Å². The summed E-state index contributed by atoms with van der Waals surface area (Å²) in [5.41, 5.74) is -2.69. The molecule has 0 radical (unpaired) electrons. The molecule has 3 amide bonds. The SMILES string of the molecule is BC1(O)C(=O)NC(=O)C(N2Cc3c(NC(O)(O)c4ccc(CN5CCOCC5)cc4)cccc3C2=O)C1(B)O. The summed E-state index contributed by atoms with van der Waals surface area (Å²) >= 11 is 0. The van der Waals surface area contributed by atoms with Crippen LogP contribution in [0.15, 0.2) is 42.5 Å². The number of benzene rings is 2. The number of anilines is 1. The fraction of sp³-hybridized carbons (Fsp3) is 0.400. The average Bonchev–Trinajstić information content (AvgIpc) is 3.21. The zero-order valence-electron chi connectivity index (χ0n) is 21.7. The first-order valence-corrected chi connectivity index (χ1v) is 12.7. The van der Waals surface area contributed by atoms with Crippen LogP contribution in [0.4, 0.5) is 5.69 Å². The molecule has 3 aliphatic heterocycles. The van der Waals surface area contributed by atoms with E-state index < -0.39 is 40.7 Å². The Balaban J connectivity index is 1.36. The summed E-state index contributed by atoms with van der Waals surface area (Å²) < 4.78 is 5.37. The minimum absolute atomic E-state index is 0.177. The zero-order chi connectivity index (χ0) is 28.2. The lowest BCUT2D eigenvalue weighted by molar-refractivity contribution is -0.167. The minimum Gasteiger partial charge on any atom is -0.394 e. The molecule has 0 aliphatic carbocycles. The maximum Gasteiger partial charge on any atom is 0.272 e. The number of carbonyl (C=O) groups is 3. The Morgan fingerprint density at radius 1 is 1.05 bits per heavy atom. The highest BCUT2D eigenvalue weighted by molar-refractivity contribution is 6.38. The number of ether oxygens (including phenoxy) is 1. The standard InChI is InChI=1S/C25H30B2N4O8/c26-23(35)19(20(32)28-22(34)24(23,27)36)31-13-17-16(21(31)33)2-1-3-18(17)29-25(37,38)15-6-4-14(5-7-15)12-30-8-10-39-11-9-30/h1-7,19,29,35-38H,8-13,26-27H2,(H,28,32,34). The third-order valence-corrected chi connectivity index (χ3v) is 7.93. The summed E-state index contributed by atoms with van der Waals surface area (Å²) in [6.07, 6.45) is 0. The summed E-state index contributed by atoms with van der Waals surface area (Å²) in [5.74, 6) is -5.11. The van der Waals surface area contributed by atoms with Gasteiger partial charge in [-0.05, 0) is 17.7 Å². The van der Waals surface area contributed by atoms with Crippen LogP contribution in [-0.2, 0) is 33.3 Å². The van der Waals surface area contributed by atoms with E-state index in [1.165, 1.54) is 6.07 Å². The molecule has 3 heterocycles. The van der Waals surface area contributed by atoms with Gasteiger partial charge in [-0.25, -0.2) is 0 Å². The average molecular weight is 536 g/mol. The van der Waals surface area contributed by atoms with Crippen LogP contribution in [0.5, 0.6) is 0 Å². The Labute approximate surface area is 226 Å². The third-order valence-electron chi connectivity index (χ3n) is 7.93. The summed E-state index contributed by atoms with van der Waals surface area (Å²) in [6.45, 7) is 3.54. The Bertz CT molecular complexity index is 1310. The number of hydrogen-bond acceptors (Lipinski definition) is 10. The molecule has 2 aromatic rings. The molecule has 3 atom stereocenters. The molecule has 0 aromatic heterocycles. The number of piperidine rings is 1. The molecule has 6 N–H and O–H groups in total. The number of hydrogen-bond donors (Lipinski definition) is 6. The van der Waals surface area contributed by atoms with Gasteiger partial charge in [0.25, 0.3) is 23.6 Å². The zero-order valence-corrected chi connectivity index (χ0v) is 21.7. The Kier molecular flexibility index (Phi) is 6.82. The molecule has 39 heavy (non-hydrogen) atoms. The summed E-state index contributed by atoms with van der Waals surface area (Å²) in [7, 11) is 2.19. The molecule has 2 fully saturated rings. The van der Waals surface area contributed by atoms with Crippen molar-refractivity contribution in [3.63, 3.8) is 0 Å². The van der Waals surface area contributed by atoms with E-state index in [0.717, 1.165) is 39.2 Å². The van der Waals surface area contributed by atoms with Gasteiger partial charge in [-0.3, -0.25) is 24.6 Å². The van der Waals surface area contributed by atoms with Crippen LogP contribution < -0.4 is 10.6 Å². The number of morpholine rings is 1. The molecule has 204 valence electrons. The van der Waals surface area contributed by atoms with E-state index >= 15 is 0 Å². The molecule has 0 spiro atoms. The number of aliphatic hydroxyl groups is 4. The molecule has 2 saturated heterocycles. The van der Waals surface area contributed by atoms with Crippen molar-refractivity contribution in [1.29, 1.82) is 0 Å². The highest BCUT2D eigenvalue weighted by Crippen LogP contribution is 2.37. The van der Waals surface area contributed by atoms with Crippen molar-refractivity contribution in [3.05, 3.63) is 64.7 Å². The number of carbonyl (C=O) groups excluding carboxylic acids is 3. The molecule has 14 heteroatoms. The largest absolute Gasteiger partial charge is 0.394 e. The molecule has 3 aliphatic rings. The van der Waals surface area contributed by atoms with Gasteiger partial charge in [0, 0.05) is 48.6 Å². The minimum atomic E-state index is -2.49. The van der Waals surface area contributed by atoms with Crippen LogP contribution in [-0.4, -0.2) is 107 Å².